The van der Waals surface area contributed by atoms with Crippen LogP contribution in [0.5, 0.6) is 0 Å². The number of amides is 1. The van der Waals surface area contributed by atoms with Crippen LogP contribution in [0.2, 0.25) is 0 Å². The molecule has 0 aromatic carbocycles. The zero-order valence-corrected chi connectivity index (χ0v) is 17.9. The molecule has 0 aliphatic rings. The van der Waals surface area contributed by atoms with Crippen molar-refractivity contribution in [2.24, 2.45) is 12.0 Å². The zero-order valence-electron chi connectivity index (χ0n) is 17.9. The standard InChI is InChI=1S/C19H36N6O2/c1-8-27-11-9-10-20-19(21-13-18(26)24(5)6)22-14(2)12-17-15(3)23-25(7)16(17)4/h14H,8-13H2,1-7H3,(H2,20,21,22). The van der Waals surface area contributed by atoms with E-state index in [1.807, 2.05) is 25.6 Å². The molecule has 1 rings (SSSR count). The summed E-state index contributed by atoms with van der Waals surface area (Å²) in [5.41, 5.74) is 3.47. The number of aliphatic imine (C=N–C) groups is 1. The van der Waals surface area contributed by atoms with Gasteiger partial charge < -0.3 is 20.3 Å². The van der Waals surface area contributed by atoms with Gasteiger partial charge in [0.2, 0.25) is 5.91 Å². The minimum atomic E-state index is -0.0305. The van der Waals surface area contributed by atoms with E-state index in [1.165, 1.54) is 11.3 Å². The van der Waals surface area contributed by atoms with Crippen LogP contribution in [-0.4, -0.2) is 73.0 Å². The van der Waals surface area contributed by atoms with Gasteiger partial charge in [0.15, 0.2) is 5.96 Å². The molecule has 1 heterocycles. The molecule has 154 valence electrons. The first-order valence-corrected chi connectivity index (χ1v) is 9.58. The predicted molar refractivity (Wildman–Crippen MR) is 109 cm³/mol. The van der Waals surface area contributed by atoms with E-state index >= 15 is 0 Å². The third-order valence-corrected chi connectivity index (χ3v) is 4.39. The second kappa shape index (κ2) is 11.6. The van der Waals surface area contributed by atoms with Gasteiger partial charge in [-0.05, 0) is 46.1 Å². The molecule has 0 saturated heterocycles. The van der Waals surface area contributed by atoms with E-state index in [-0.39, 0.29) is 18.5 Å². The summed E-state index contributed by atoms with van der Waals surface area (Å²) in [5, 5.41) is 11.2. The van der Waals surface area contributed by atoms with Gasteiger partial charge in [-0.3, -0.25) is 9.48 Å². The van der Waals surface area contributed by atoms with Crippen LogP contribution >= 0.6 is 0 Å². The van der Waals surface area contributed by atoms with E-state index in [2.05, 4.69) is 34.6 Å². The van der Waals surface area contributed by atoms with Crippen LogP contribution in [0.3, 0.4) is 0 Å². The lowest BCUT2D eigenvalue weighted by molar-refractivity contribution is -0.127. The van der Waals surface area contributed by atoms with Crippen molar-refractivity contribution in [2.75, 3.05) is 40.4 Å². The van der Waals surface area contributed by atoms with Crippen molar-refractivity contribution in [3.05, 3.63) is 17.0 Å². The average molecular weight is 381 g/mol. The van der Waals surface area contributed by atoms with Crippen LogP contribution in [0.1, 0.15) is 37.2 Å². The lowest BCUT2D eigenvalue weighted by atomic mass is 10.1. The molecule has 0 aliphatic heterocycles. The van der Waals surface area contributed by atoms with Crippen molar-refractivity contribution < 1.29 is 9.53 Å². The zero-order chi connectivity index (χ0) is 20.4. The van der Waals surface area contributed by atoms with Crippen LogP contribution in [0, 0.1) is 13.8 Å². The molecule has 0 saturated carbocycles. The van der Waals surface area contributed by atoms with Gasteiger partial charge in [0.1, 0.15) is 6.54 Å². The first-order chi connectivity index (χ1) is 12.8. The lowest BCUT2D eigenvalue weighted by Gasteiger charge is -2.19. The maximum atomic E-state index is 11.9. The summed E-state index contributed by atoms with van der Waals surface area (Å²) in [4.78, 5) is 17.8. The molecule has 8 nitrogen and oxygen atoms in total. The molecule has 1 atom stereocenters. The molecule has 1 aromatic heterocycles. The quantitative estimate of drug-likeness (QED) is 0.360. The van der Waals surface area contributed by atoms with E-state index in [4.69, 9.17) is 4.74 Å². The van der Waals surface area contributed by atoms with Gasteiger partial charge in [-0.2, -0.15) is 5.10 Å². The third-order valence-electron chi connectivity index (χ3n) is 4.39. The van der Waals surface area contributed by atoms with Crippen molar-refractivity contribution in [3.8, 4) is 0 Å². The highest BCUT2D eigenvalue weighted by Crippen LogP contribution is 2.14. The highest BCUT2D eigenvalue weighted by atomic mass is 16.5. The summed E-state index contributed by atoms with van der Waals surface area (Å²) in [6, 6.07) is 0.152. The van der Waals surface area contributed by atoms with Crippen molar-refractivity contribution in [1.29, 1.82) is 0 Å². The topological polar surface area (TPSA) is 83.8 Å². The minimum Gasteiger partial charge on any atom is -0.382 e. The molecule has 0 bridgehead atoms. The maximum Gasteiger partial charge on any atom is 0.243 e. The number of aryl methyl sites for hydroxylation is 2. The average Bonchev–Trinajstić information content (AvgIpc) is 2.84. The Labute approximate surface area is 163 Å². The molecule has 1 aromatic rings. The second-order valence-corrected chi connectivity index (χ2v) is 6.95. The Morgan fingerprint density at radius 1 is 1.37 bits per heavy atom. The van der Waals surface area contributed by atoms with Crippen LogP contribution < -0.4 is 10.6 Å². The summed E-state index contributed by atoms with van der Waals surface area (Å²) >= 11 is 0. The summed E-state index contributed by atoms with van der Waals surface area (Å²) in [5.74, 6) is 0.616. The second-order valence-electron chi connectivity index (χ2n) is 6.95. The van der Waals surface area contributed by atoms with Gasteiger partial charge in [-0.25, -0.2) is 4.99 Å². The number of carbonyl (C=O) groups excluding carboxylic acids is 1. The largest absolute Gasteiger partial charge is 0.382 e. The van der Waals surface area contributed by atoms with Gasteiger partial charge in [0.05, 0.1) is 5.69 Å². The van der Waals surface area contributed by atoms with Crippen LogP contribution in [-0.2, 0) is 23.0 Å². The third kappa shape index (κ3) is 7.99. The Bertz CT molecular complexity index is 624. The highest BCUT2D eigenvalue weighted by Gasteiger charge is 2.14. The number of nitrogens with zero attached hydrogens (tertiary/aromatic N) is 4. The summed E-state index contributed by atoms with van der Waals surface area (Å²) in [6.07, 6.45) is 1.72. The number of hydrogen-bond donors (Lipinski definition) is 2. The molecular weight excluding hydrogens is 344 g/mol. The number of ether oxygens (including phenoxy) is 1. The van der Waals surface area contributed by atoms with Crippen molar-refractivity contribution in [2.45, 2.75) is 46.6 Å². The number of nitrogens with one attached hydrogen (secondary N) is 2. The SMILES string of the molecule is CCOCCCNC(=NCC(=O)N(C)C)NC(C)Cc1c(C)nn(C)c1C. The van der Waals surface area contributed by atoms with Gasteiger partial charge in [0.25, 0.3) is 0 Å². The van der Waals surface area contributed by atoms with Gasteiger partial charge in [-0.1, -0.05) is 0 Å². The number of guanidine groups is 1. The summed E-state index contributed by atoms with van der Waals surface area (Å²) < 4.78 is 7.27. The lowest BCUT2D eigenvalue weighted by Crippen LogP contribution is -2.44. The summed E-state index contributed by atoms with van der Waals surface area (Å²) in [6.45, 7) is 10.5. The maximum absolute atomic E-state index is 11.9. The predicted octanol–water partition coefficient (Wildman–Crippen LogP) is 1.02. The Hall–Kier alpha value is -2.09. The normalized spacial score (nSPS) is 12.8. The first-order valence-electron chi connectivity index (χ1n) is 9.58. The van der Waals surface area contributed by atoms with E-state index in [0.717, 1.165) is 31.7 Å². The monoisotopic (exact) mass is 380 g/mol. The van der Waals surface area contributed by atoms with E-state index < -0.39 is 0 Å². The fourth-order valence-electron chi connectivity index (χ4n) is 2.67. The molecule has 8 heteroatoms. The number of likely N-dealkylation sites (N-methyl/N-ethyl adjacent to an activating group) is 1. The minimum absolute atomic E-state index is 0.0305. The molecule has 1 unspecified atom stereocenters. The molecule has 0 radical (unpaired) electrons. The molecule has 0 fully saturated rings. The molecule has 27 heavy (non-hydrogen) atoms. The van der Waals surface area contributed by atoms with Crippen molar-refractivity contribution >= 4 is 11.9 Å². The molecule has 0 spiro atoms. The summed E-state index contributed by atoms with van der Waals surface area (Å²) in [7, 11) is 5.43. The number of hydrogen-bond acceptors (Lipinski definition) is 4. The highest BCUT2D eigenvalue weighted by molar-refractivity contribution is 5.84. The molecule has 1 amide bonds. The van der Waals surface area contributed by atoms with Crippen LogP contribution in [0.25, 0.3) is 0 Å². The van der Waals surface area contributed by atoms with Crippen LogP contribution in [0.4, 0.5) is 0 Å². The molecule has 2 N–H and O–H groups in total. The smallest absolute Gasteiger partial charge is 0.243 e. The van der Waals surface area contributed by atoms with Crippen molar-refractivity contribution in [3.63, 3.8) is 0 Å². The van der Waals surface area contributed by atoms with E-state index in [9.17, 15) is 4.79 Å². The van der Waals surface area contributed by atoms with E-state index in [0.29, 0.717) is 12.6 Å². The Kier molecular flexibility index (Phi) is 9.85. The molecular formula is C19H36N6O2. The van der Waals surface area contributed by atoms with Gasteiger partial charge in [-0.15, -0.1) is 0 Å². The first kappa shape index (κ1) is 23.0. The van der Waals surface area contributed by atoms with Crippen LogP contribution in [0.15, 0.2) is 4.99 Å². The fraction of sp³-hybridized carbons (Fsp3) is 0.737. The van der Waals surface area contributed by atoms with Gasteiger partial charge in [0, 0.05) is 52.6 Å². The van der Waals surface area contributed by atoms with E-state index in [1.54, 1.807) is 19.0 Å². The van der Waals surface area contributed by atoms with Crippen molar-refractivity contribution in [1.82, 2.24) is 25.3 Å². The Balaban J connectivity index is 2.69. The number of carbonyl (C=O) groups is 1. The number of aromatic nitrogens is 2. The fourth-order valence-corrected chi connectivity index (χ4v) is 2.67. The van der Waals surface area contributed by atoms with Gasteiger partial charge >= 0.3 is 0 Å². The Morgan fingerprint density at radius 3 is 2.63 bits per heavy atom. The Morgan fingerprint density at radius 2 is 2.07 bits per heavy atom. The number of rotatable bonds is 10. The molecule has 0 aliphatic carbocycles.